The van der Waals surface area contributed by atoms with Crippen LogP contribution in [0.4, 0.5) is 0 Å². The van der Waals surface area contributed by atoms with Gasteiger partial charge in [0.15, 0.2) is 0 Å². The molecule has 0 radical (unpaired) electrons. The van der Waals surface area contributed by atoms with Gasteiger partial charge in [0.2, 0.25) is 5.91 Å². The summed E-state index contributed by atoms with van der Waals surface area (Å²) in [6.45, 7) is 4.41. The Morgan fingerprint density at radius 3 is 2.86 bits per heavy atom. The van der Waals surface area contributed by atoms with Gasteiger partial charge in [-0.2, -0.15) is 11.8 Å². The number of hydrogen-bond donors (Lipinski definition) is 2. The van der Waals surface area contributed by atoms with Gasteiger partial charge in [0.1, 0.15) is 0 Å². The van der Waals surface area contributed by atoms with Crippen molar-refractivity contribution in [3.05, 3.63) is 23.8 Å². The van der Waals surface area contributed by atoms with Gasteiger partial charge in [-0.3, -0.25) is 4.79 Å². The first-order chi connectivity index (χ1) is 13.8. The minimum atomic E-state index is -0.410. The zero-order chi connectivity index (χ0) is 21.4. The Morgan fingerprint density at radius 2 is 2.17 bits per heavy atom. The van der Waals surface area contributed by atoms with Crippen LogP contribution in [-0.2, 0) is 4.79 Å². The van der Waals surface area contributed by atoms with E-state index in [0.29, 0.717) is 23.5 Å². The Hall–Kier alpha value is -0.780. The Labute approximate surface area is 181 Å². The Balaban J connectivity index is 1.77. The molecule has 2 N–H and O–H groups in total. The predicted molar refractivity (Wildman–Crippen MR) is 123 cm³/mol. The summed E-state index contributed by atoms with van der Waals surface area (Å²) in [6.07, 6.45) is 13.0. The summed E-state index contributed by atoms with van der Waals surface area (Å²) in [7, 11) is 3.59. The molecule has 2 rings (SSSR count). The van der Waals surface area contributed by atoms with Crippen molar-refractivity contribution >= 4 is 17.7 Å². The van der Waals surface area contributed by atoms with Crippen LogP contribution in [0, 0.1) is 23.7 Å². The minimum Gasteiger partial charge on any atom is -0.392 e. The van der Waals surface area contributed by atoms with Crippen LogP contribution >= 0.6 is 11.8 Å². The van der Waals surface area contributed by atoms with E-state index in [1.807, 2.05) is 6.08 Å². The van der Waals surface area contributed by atoms with E-state index in [-0.39, 0.29) is 17.9 Å². The van der Waals surface area contributed by atoms with Gasteiger partial charge in [-0.15, -0.1) is 0 Å². The average molecular weight is 424 g/mol. The molecule has 4 nitrogen and oxygen atoms in total. The normalized spacial score (nSPS) is 28.4. The van der Waals surface area contributed by atoms with Gasteiger partial charge in [-0.1, -0.05) is 56.9 Å². The van der Waals surface area contributed by atoms with Crippen molar-refractivity contribution in [1.82, 2.24) is 4.90 Å². The summed E-state index contributed by atoms with van der Waals surface area (Å²) in [5.41, 5.74) is 1.48. The Bertz CT molecular complexity index is 574. The van der Waals surface area contributed by atoms with Crippen LogP contribution in [0.3, 0.4) is 0 Å². The maximum Gasteiger partial charge on any atom is 0.232 e. The summed E-state index contributed by atoms with van der Waals surface area (Å²) in [5.74, 6) is 3.31. The third-order valence-electron chi connectivity index (χ3n) is 6.49. The average Bonchev–Trinajstić information content (AvgIpc) is 3.17. The first-order valence-electron chi connectivity index (χ1n) is 11.3. The molecule has 1 saturated carbocycles. The van der Waals surface area contributed by atoms with Gasteiger partial charge < -0.3 is 15.1 Å². The van der Waals surface area contributed by atoms with E-state index in [9.17, 15) is 15.0 Å². The number of hydrogen-bond acceptors (Lipinski definition) is 4. The summed E-state index contributed by atoms with van der Waals surface area (Å²) < 4.78 is 0. The number of aliphatic hydroxyl groups excluding tert-OH is 2. The van der Waals surface area contributed by atoms with Crippen LogP contribution in [0.25, 0.3) is 0 Å². The lowest BCUT2D eigenvalue weighted by molar-refractivity contribution is -0.125. The van der Waals surface area contributed by atoms with Crippen molar-refractivity contribution in [3.63, 3.8) is 0 Å². The molecule has 5 heteroatoms. The third kappa shape index (κ3) is 7.76. The van der Waals surface area contributed by atoms with Crippen molar-refractivity contribution in [2.75, 3.05) is 25.6 Å². The number of rotatable bonds is 12. The molecule has 0 aliphatic heterocycles. The molecule has 2 aliphatic carbocycles. The van der Waals surface area contributed by atoms with Gasteiger partial charge in [0.05, 0.1) is 18.0 Å². The summed E-state index contributed by atoms with van der Waals surface area (Å²) in [4.78, 5) is 13.3. The molecule has 0 aromatic heterocycles. The number of thioether (sulfide) groups is 1. The Morgan fingerprint density at radius 1 is 1.41 bits per heavy atom. The number of carbonyl (C=O) groups excluding carboxylic acids is 1. The van der Waals surface area contributed by atoms with Crippen molar-refractivity contribution in [1.29, 1.82) is 0 Å². The number of allylic oxidation sites excluding steroid dienone is 2. The molecule has 0 aromatic rings. The quantitative estimate of drug-likeness (QED) is 0.363. The highest BCUT2D eigenvalue weighted by Crippen LogP contribution is 2.48. The van der Waals surface area contributed by atoms with Crippen LogP contribution in [-0.4, -0.2) is 58.8 Å². The predicted octanol–water partition coefficient (Wildman–Crippen LogP) is 4.27. The van der Waals surface area contributed by atoms with E-state index in [0.717, 1.165) is 31.4 Å². The van der Waals surface area contributed by atoms with Crippen LogP contribution in [0.5, 0.6) is 0 Å². The minimum absolute atomic E-state index is 0.150. The number of nitrogens with zero attached hydrogens (tertiary/aromatic N) is 1. The molecule has 1 fully saturated rings. The fourth-order valence-electron chi connectivity index (χ4n) is 4.70. The molecule has 2 aliphatic rings. The van der Waals surface area contributed by atoms with Crippen LogP contribution in [0.15, 0.2) is 23.8 Å². The zero-order valence-corrected chi connectivity index (χ0v) is 19.5. The molecular formula is C24H41NO3S. The molecule has 0 bridgehead atoms. The fraction of sp³-hybridized carbons (Fsp3) is 0.792. The van der Waals surface area contributed by atoms with Gasteiger partial charge in [0.25, 0.3) is 0 Å². The molecule has 29 heavy (non-hydrogen) atoms. The highest BCUT2D eigenvalue weighted by molar-refractivity contribution is 7.99. The number of fused-ring (bicyclic) bond motifs is 1. The number of unbranched alkanes of at least 4 members (excludes halogenated alkanes) is 1. The molecule has 0 saturated heterocycles. The second-order valence-electron chi connectivity index (χ2n) is 9.26. The van der Waals surface area contributed by atoms with Crippen molar-refractivity contribution < 1.29 is 15.0 Å². The van der Waals surface area contributed by atoms with Crippen molar-refractivity contribution in [3.8, 4) is 0 Å². The van der Waals surface area contributed by atoms with Crippen molar-refractivity contribution in [2.45, 2.75) is 71.0 Å². The largest absolute Gasteiger partial charge is 0.392 e. The van der Waals surface area contributed by atoms with Crippen LogP contribution < -0.4 is 0 Å². The molecule has 0 unspecified atom stereocenters. The first kappa shape index (κ1) is 24.5. The van der Waals surface area contributed by atoms with E-state index < -0.39 is 6.10 Å². The van der Waals surface area contributed by atoms with Gasteiger partial charge in [-0.25, -0.2) is 0 Å². The van der Waals surface area contributed by atoms with E-state index in [1.165, 1.54) is 24.8 Å². The summed E-state index contributed by atoms with van der Waals surface area (Å²) in [5, 5.41) is 20.9. The lowest BCUT2D eigenvalue weighted by Crippen LogP contribution is -2.23. The van der Waals surface area contributed by atoms with Crippen LogP contribution in [0.2, 0.25) is 0 Å². The summed E-state index contributed by atoms with van der Waals surface area (Å²) >= 11 is 1.70. The van der Waals surface area contributed by atoms with E-state index >= 15 is 0 Å². The topological polar surface area (TPSA) is 60.8 Å². The fourth-order valence-corrected chi connectivity index (χ4v) is 5.68. The highest BCUT2D eigenvalue weighted by Gasteiger charge is 2.43. The van der Waals surface area contributed by atoms with E-state index in [4.69, 9.17) is 0 Å². The van der Waals surface area contributed by atoms with Gasteiger partial charge in [0, 0.05) is 20.0 Å². The highest BCUT2D eigenvalue weighted by atomic mass is 32.2. The van der Waals surface area contributed by atoms with E-state index in [1.54, 1.807) is 30.8 Å². The first-order valence-corrected chi connectivity index (χ1v) is 12.5. The molecule has 0 heterocycles. The molecule has 166 valence electrons. The molecule has 1 amide bonds. The lowest BCUT2D eigenvalue weighted by Gasteiger charge is -2.19. The molecule has 0 aromatic carbocycles. The maximum absolute atomic E-state index is 11.7. The second kappa shape index (κ2) is 12.2. The van der Waals surface area contributed by atoms with Crippen LogP contribution in [0.1, 0.15) is 58.8 Å². The monoisotopic (exact) mass is 423 g/mol. The smallest absolute Gasteiger partial charge is 0.232 e. The third-order valence-corrected chi connectivity index (χ3v) is 7.44. The number of amides is 1. The standard InChI is InChI=1S/C24H41NO3S/c1-5-6-7-17(2)12-20(26)8-9-21-22-14-18(13-19(22)15-23(21)27)10-11-29-16-24(28)25(3)4/h8-9,13,17,19-23,26-27H,5-7,10-12,14-16H2,1-4H3/t17-,19-,20+,21+,22-,23+/m0/s1. The number of carbonyl (C=O) groups is 1. The molecule has 0 spiro atoms. The zero-order valence-electron chi connectivity index (χ0n) is 18.7. The SMILES string of the molecule is CCCC[C@H](C)C[C@H](O)C=C[C@@H]1[C@H]2CC(CCSCC(=O)N(C)C)=C[C@H]2C[C@H]1O. The van der Waals surface area contributed by atoms with Gasteiger partial charge in [-0.05, 0) is 49.2 Å². The molecule has 6 atom stereocenters. The van der Waals surface area contributed by atoms with Gasteiger partial charge >= 0.3 is 0 Å². The van der Waals surface area contributed by atoms with Crippen molar-refractivity contribution in [2.24, 2.45) is 23.7 Å². The van der Waals surface area contributed by atoms with E-state index in [2.05, 4.69) is 26.0 Å². The summed E-state index contributed by atoms with van der Waals surface area (Å²) in [6, 6.07) is 0. The number of aliphatic hydroxyl groups is 2. The lowest BCUT2D eigenvalue weighted by atomic mass is 9.88. The Kier molecular flexibility index (Phi) is 10.3. The molecular weight excluding hydrogens is 382 g/mol. The second-order valence-corrected chi connectivity index (χ2v) is 10.4. The maximum atomic E-state index is 11.7.